The number of nitrogens with zero attached hydrogens (tertiary/aromatic N) is 5. The van der Waals surface area contributed by atoms with Gasteiger partial charge in [-0.25, -0.2) is 58.9 Å². The summed E-state index contributed by atoms with van der Waals surface area (Å²) in [4.78, 5) is 48.7. The summed E-state index contributed by atoms with van der Waals surface area (Å²) in [6.07, 6.45) is -2.56. The number of carbonyl (C=O) groups excluding carboxylic acids is 3. The molecule has 2 N–H and O–H groups in total. The molecule has 0 spiro atoms. The molecule has 27 heteroatoms. The summed E-state index contributed by atoms with van der Waals surface area (Å²) in [5, 5.41) is 14.5. The summed E-state index contributed by atoms with van der Waals surface area (Å²) < 4.78 is 151. The number of methoxy groups -OCH3 is 3. The van der Waals surface area contributed by atoms with Gasteiger partial charge in [-0.1, -0.05) is 24.1 Å². The van der Waals surface area contributed by atoms with E-state index in [9.17, 15) is 53.9 Å². The summed E-state index contributed by atoms with van der Waals surface area (Å²) in [6, 6.07) is 2.86. The van der Waals surface area contributed by atoms with Crippen LogP contribution in [0.1, 0.15) is 110 Å². The van der Waals surface area contributed by atoms with Crippen molar-refractivity contribution in [2.45, 2.75) is 159 Å². The standard InChI is InChI=1S/C23H24ClF3N4O3S.C11H19F2NO3.C10H17F2NO3.C7H12F2O/c1-3-34-22(32)18-16(11-31-8-6-17(33-2)23(26,27)12-31)29-20(21-28-7-9-35-21)30-19(18)14-5-4-13(25)10-15(14)24;1-10(2,3)17-9(15)14-6-5-8(16-4)11(12,13)7-14;1-9(2,3)16-8(15)13-5-4-7(14)10(11,12)6-13;1-10-6-4-2-3-5-7(6,8)9/h4-5,7,9-10,17,19H,3,6,8,11-12H2,1-2H3,(H,29,30);8H,5-7H2,1-4H3;7,14H,4-6H2,1-3H3;6H,2-5H2,1H3. The highest BCUT2D eigenvalue weighted by atomic mass is 35.5. The smallest absolute Gasteiger partial charge is 0.410 e. The van der Waals surface area contributed by atoms with E-state index < -0.39 is 109 Å². The summed E-state index contributed by atoms with van der Waals surface area (Å²) >= 11 is 7.67. The zero-order chi connectivity index (χ0) is 58.6. The highest BCUT2D eigenvalue weighted by molar-refractivity contribution is 7.11. The average Bonchev–Trinajstić information content (AvgIpc) is 3.87. The fourth-order valence-electron chi connectivity index (χ4n) is 8.66. The molecule has 4 aliphatic heterocycles. The number of alkyl halides is 8. The lowest BCUT2D eigenvalue weighted by molar-refractivity contribution is -0.161. The maximum Gasteiger partial charge on any atom is 0.410 e. The third-order valence-electron chi connectivity index (χ3n) is 12.5. The molecule has 442 valence electrons. The van der Waals surface area contributed by atoms with Gasteiger partial charge in [0.25, 0.3) is 23.7 Å². The van der Waals surface area contributed by atoms with Crippen molar-refractivity contribution in [2.24, 2.45) is 4.99 Å². The number of likely N-dealkylation sites (tertiary alicyclic amines) is 3. The van der Waals surface area contributed by atoms with Gasteiger partial charge in [0.1, 0.15) is 47.5 Å². The van der Waals surface area contributed by atoms with Gasteiger partial charge in [0.15, 0.2) is 10.8 Å². The molecule has 1 aromatic carbocycles. The molecule has 0 radical (unpaired) electrons. The molecule has 1 saturated carbocycles. The minimum absolute atomic E-state index is 0.000118. The Morgan fingerprint density at radius 1 is 0.769 bits per heavy atom. The average molecular weight is 1170 g/mol. The number of carbonyl (C=O) groups is 3. The first-order chi connectivity index (χ1) is 36.2. The van der Waals surface area contributed by atoms with E-state index in [1.165, 1.54) is 44.8 Å². The van der Waals surface area contributed by atoms with Gasteiger partial charge in [0.05, 0.1) is 31.8 Å². The van der Waals surface area contributed by atoms with Crippen LogP contribution < -0.4 is 5.32 Å². The highest BCUT2D eigenvalue weighted by Gasteiger charge is 2.49. The Hall–Kier alpha value is -4.47. The van der Waals surface area contributed by atoms with Crippen molar-refractivity contribution < 1.29 is 87.4 Å². The van der Waals surface area contributed by atoms with Crippen LogP contribution in [0.3, 0.4) is 0 Å². The molecule has 78 heavy (non-hydrogen) atoms. The van der Waals surface area contributed by atoms with Crippen LogP contribution in [0.4, 0.5) is 49.1 Å². The predicted molar refractivity (Wildman–Crippen MR) is 272 cm³/mol. The molecule has 2 amide bonds. The predicted octanol–water partition coefficient (Wildman–Crippen LogP) is 10.3. The van der Waals surface area contributed by atoms with Crippen LogP contribution in [-0.4, -0.2) is 182 Å². The number of ether oxygens (including phenoxy) is 6. The lowest BCUT2D eigenvalue weighted by Crippen LogP contribution is -2.54. The Bertz CT molecular complexity index is 2360. The SMILES string of the molecule is CC(C)(C)OC(=O)N1CCC(O)C(F)(F)C1.CCOC(=O)C1=C(CN2CCC(OC)C(F)(F)C2)NC(c2nccs2)=NC1c1ccc(F)cc1Cl.COC1CCCCC1(F)F.COC1CCN(C(=O)OC(C)(C)C)CC1(F)F. The van der Waals surface area contributed by atoms with Crippen molar-refractivity contribution in [1.29, 1.82) is 0 Å². The zero-order valence-corrected chi connectivity index (χ0v) is 47.0. The number of amidine groups is 1. The van der Waals surface area contributed by atoms with E-state index in [2.05, 4.69) is 20.0 Å². The summed E-state index contributed by atoms with van der Waals surface area (Å²) in [5.41, 5.74) is -0.529. The topological polar surface area (TPSA) is 174 Å². The van der Waals surface area contributed by atoms with Gasteiger partial charge in [-0.05, 0) is 92.7 Å². The second kappa shape index (κ2) is 27.8. The van der Waals surface area contributed by atoms with Crippen LogP contribution in [0.2, 0.25) is 5.02 Å². The quantitative estimate of drug-likeness (QED) is 0.138. The molecule has 5 atom stereocenters. The Morgan fingerprint density at radius 3 is 1.77 bits per heavy atom. The van der Waals surface area contributed by atoms with Gasteiger partial charge in [0, 0.05) is 81.8 Å². The van der Waals surface area contributed by atoms with Gasteiger partial charge in [-0.2, -0.15) is 0 Å². The third kappa shape index (κ3) is 19.1. The van der Waals surface area contributed by atoms with E-state index >= 15 is 0 Å². The number of esters is 1. The van der Waals surface area contributed by atoms with E-state index in [1.54, 1.807) is 64.9 Å². The van der Waals surface area contributed by atoms with Gasteiger partial charge in [0.2, 0.25) is 0 Å². The van der Waals surface area contributed by atoms with Gasteiger partial charge >= 0.3 is 18.2 Å². The van der Waals surface area contributed by atoms with Crippen LogP contribution in [0.15, 0.2) is 46.0 Å². The number of hydrogen-bond donors (Lipinski definition) is 2. The largest absolute Gasteiger partial charge is 0.463 e. The molecule has 7 rings (SSSR count). The summed E-state index contributed by atoms with van der Waals surface area (Å²) in [6.45, 7) is 10.5. The number of halogens is 10. The van der Waals surface area contributed by atoms with E-state index in [4.69, 9.17) is 40.4 Å². The molecule has 16 nitrogen and oxygen atoms in total. The number of nitrogens with one attached hydrogen (secondary N) is 1. The number of piperidine rings is 3. The van der Waals surface area contributed by atoms with E-state index in [0.29, 0.717) is 41.5 Å². The van der Waals surface area contributed by atoms with Gasteiger partial charge in [-0.3, -0.25) is 9.89 Å². The van der Waals surface area contributed by atoms with Gasteiger partial charge in [-0.15, -0.1) is 11.3 Å². The minimum Gasteiger partial charge on any atom is -0.463 e. The van der Waals surface area contributed by atoms with Crippen LogP contribution in [0, 0.1) is 5.82 Å². The number of amides is 2. The van der Waals surface area contributed by atoms with E-state index in [1.807, 2.05) is 0 Å². The number of aliphatic hydroxyl groups excluding tert-OH is 1. The fourth-order valence-corrected chi connectivity index (χ4v) is 9.52. The number of aliphatic imine (C=N–C) groups is 1. The second-order valence-corrected chi connectivity index (χ2v) is 22.3. The molecule has 5 heterocycles. The molecule has 1 aromatic heterocycles. The van der Waals surface area contributed by atoms with Crippen LogP contribution in [0.5, 0.6) is 0 Å². The normalized spacial score (nSPS) is 24.8. The molecule has 2 aromatic rings. The summed E-state index contributed by atoms with van der Waals surface area (Å²) in [5.74, 6) is -12.8. The molecular weight excluding hydrogens is 1100 g/mol. The Labute approximate surface area is 457 Å². The molecular formula is C51H72ClF9N6O10S. The maximum atomic E-state index is 14.6. The van der Waals surface area contributed by atoms with Crippen molar-refractivity contribution in [3.05, 3.63) is 62.5 Å². The third-order valence-corrected chi connectivity index (χ3v) is 13.6. The highest BCUT2D eigenvalue weighted by Crippen LogP contribution is 2.39. The number of aromatic nitrogens is 1. The molecule has 1 aliphatic carbocycles. The Morgan fingerprint density at radius 2 is 1.31 bits per heavy atom. The van der Waals surface area contributed by atoms with Crippen molar-refractivity contribution in [3.63, 3.8) is 0 Å². The van der Waals surface area contributed by atoms with Crippen LogP contribution in [-0.2, 0) is 33.2 Å². The summed E-state index contributed by atoms with van der Waals surface area (Å²) in [7, 11) is 3.87. The number of thiazole rings is 1. The van der Waals surface area contributed by atoms with Crippen molar-refractivity contribution in [1.82, 2.24) is 25.0 Å². The van der Waals surface area contributed by atoms with Gasteiger partial charge < -0.3 is 48.6 Å². The number of hydrogen-bond acceptors (Lipinski definition) is 15. The molecule has 3 saturated heterocycles. The maximum absolute atomic E-state index is 14.6. The first kappa shape index (κ1) is 66.0. The first-order valence-electron chi connectivity index (χ1n) is 25.2. The molecule has 5 aliphatic rings. The number of aliphatic hydroxyl groups is 1. The van der Waals surface area contributed by atoms with Crippen molar-refractivity contribution in [2.75, 3.05) is 73.7 Å². The Balaban J connectivity index is 0.000000254. The second-order valence-electron chi connectivity index (χ2n) is 21.0. The monoisotopic (exact) mass is 1170 g/mol. The molecule has 5 unspecified atom stereocenters. The van der Waals surface area contributed by atoms with Crippen molar-refractivity contribution in [3.8, 4) is 0 Å². The van der Waals surface area contributed by atoms with E-state index in [-0.39, 0.29) is 62.5 Å². The fraction of sp³-hybridized carbons (Fsp3) is 0.706. The first-order valence-corrected chi connectivity index (χ1v) is 26.5. The van der Waals surface area contributed by atoms with Crippen LogP contribution >= 0.6 is 22.9 Å². The Kier molecular flexibility index (Phi) is 23.5. The molecule has 4 fully saturated rings. The zero-order valence-electron chi connectivity index (χ0n) is 45.4. The van der Waals surface area contributed by atoms with Crippen LogP contribution in [0.25, 0.3) is 0 Å². The molecule has 0 bridgehead atoms. The lowest BCUT2D eigenvalue weighted by Gasteiger charge is -2.38. The van der Waals surface area contributed by atoms with Crippen molar-refractivity contribution >= 4 is 46.9 Å². The number of benzene rings is 1. The van der Waals surface area contributed by atoms with E-state index in [0.717, 1.165) is 22.3 Å². The number of rotatable bonds is 9. The lowest BCUT2D eigenvalue weighted by atomic mass is 9.94. The minimum atomic E-state index is -3.25.